The predicted octanol–water partition coefficient (Wildman–Crippen LogP) is 2.32. The van der Waals surface area contributed by atoms with Crippen LogP contribution < -0.4 is 5.73 Å². The summed E-state index contributed by atoms with van der Waals surface area (Å²) in [6.07, 6.45) is 1.57. The van der Waals surface area contributed by atoms with Gasteiger partial charge in [0.1, 0.15) is 0 Å². The van der Waals surface area contributed by atoms with Crippen molar-refractivity contribution >= 4 is 41.3 Å². The van der Waals surface area contributed by atoms with Gasteiger partial charge in [0.15, 0.2) is 0 Å². The molecule has 0 saturated carbocycles. The van der Waals surface area contributed by atoms with Gasteiger partial charge in [0.25, 0.3) is 5.91 Å². The molecular formula is C9H9Cl2N3OS. The predicted molar refractivity (Wildman–Crippen MR) is 67.3 cm³/mol. The Balaban J connectivity index is 0.00000128. The molecule has 0 atom stereocenters. The van der Waals surface area contributed by atoms with E-state index in [0.717, 1.165) is 11.3 Å². The number of thiophene rings is 1. The molecule has 7 heteroatoms. The van der Waals surface area contributed by atoms with Gasteiger partial charge in [0.2, 0.25) is 0 Å². The Morgan fingerprint density at radius 3 is 2.75 bits per heavy atom. The summed E-state index contributed by atoms with van der Waals surface area (Å²) in [5, 5.41) is 6.42. The molecule has 0 fully saturated rings. The number of nitrogens with zero attached hydrogens (tertiary/aromatic N) is 2. The van der Waals surface area contributed by atoms with E-state index in [1.807, 2.05) is 5.38 Å². The lowest BCUT2D eigenvalue weighted by atomic mass is 10.2. The quantitative estimate of drug-likeness (QED) is 0.916. The molecule has 2 aromatic rings. The molecule has 2 aromatic heterocycles. The molecule has 0 aliphatic heterocycles. The maximum atomic E-state index is 10.9. The normalized spacial score (nSPS) is 9.88. The van der Waals surface area contributed by atoms with Crippen LogP contribution in [0, 0.1) is 0 Å². The van der Waals surface area contributed by atoms with Gasteiger partial charge in [0.05, 0.1) is 21.8 Å². The fraction of sp³-hybridized carbons (Fsp3) is 0.111. The first-order valence-corrected chi connectivity index (χ1v) is 5.41. The van der Waals surface area contributed by atoms with E-state index in [9.17, 15) is 4.79 Å². The first kappa shape index (κ1) is 13.0. The monoisotopic (exact) mass is 277 g/mol. The number of hydrogen-bond donors (Lipinski definition) is 1. The number of rotatable bonds is 2. The Kier molecular flexibility index (Phi) is 3.96. The second-order valence-corrected chi connectivity index (χ2v) is 4.35. The summed E-state index contributed by atoms with van der Waals surface area (Å²) in [4.78, 5) is 11.4. The average Bonchev–Trinajstić information content (AvgIpc) is 2.73. The van der Waals surface area contributed by atoms with E-state index >= 15 is 0 Å². The highest BCUT2D eigenvalue weighted by Crippen LogP contribution is 2.30. The van der Waals surface area contributed by atoms with E-state index in [1.165, 1.54) is 11.3 Å². The van der Waals surface area contributed by atoms with Gasteiger partial charge in [-0.05, 0) is 6.07 Å². The molecule has 0 radical (unpaired) electrons. The molecular weight excluding hydrogens is 269 g/mol. The second-order valence-electron chi connectivity index (χ2n) is 3.03. The van der Waals surface area contributed by atoms with E-state index in [1.54, 1.807) is 24.0 Å². The number of primary amides is 1. The third-order valence-electron chi connectivity index (χ3n) is 2.01. The largest absolute Gasteiger partial charge is 0.365 e. The summed E-state index contributed by atoms with van der Waals surface area (Å²) in [7, 11) is 1.79. The van der Waals surface area contributed by atoms with Gasteiger partial charge in [-0.1, -0.05) is 11.6 Å². The Labute approximate surface area is 107 Å². The Bertz CT molecular complexity index is 501. The van der Waals surface area contributed by atoms with Crippen LogP contribution >= 0.6 is 35.3 Å². The summed E-state index contributed by atoms with van der Waals surface area (Å²) in [5.74, 6) is -0.426. The van der Waals surface area contributed by atoms with E-state index in [4.69, 9.17) is 17.3 Å². The number of amides is 1. The van der Waals surface area contributed by atoms with Crippen LogP contribution in [0.5, 0.6) is 0 Å². The summed E-state index contributed by atoms with van der Waals surface area (Å²) < 4.78 is 1.66. The van der Waals surface area contributed by atoms with Gasteiger partial charge in [-0.15, -0.1) is 23.7 Å². The molecule has 0 bridgehead atoms. The van der Waals surface area contributed by atoms with Crippen molar-refractivity contribution in [3.8, 4) is 11.3 Å². The number of nitrogens with two attached hydrogens (primary N) is 1. The minimum absolute atomic E-state index is 0. The molecule has 4 nitrogen and oxygen atoms in total. The molecule has 2 rings (SSSR count). The average molecular weight is 278 g/mol. The minimum Gasteiger partial charge on any atom is -0.365 e. The molecule has 16 heavy (non-hydrogen) atoms. The summed E-state index contributed by atoms with van der Waals surface area (Å²) in [5.41, 5.74) is 6.82. The third-order valence-corrected chi connectivity index (χ3v) is 3.23. The number of halogens is 2. The SMILES string of the molecule is Cl.Cn1ncc(Cl)c1-c1csc(C(N)=O)c1. The smallest absolute Gasteiger partial charge is 0.258 e. The van der Waals surface area contributed by atoms with Crippen molar-refractivity contribution in [2.45, 2.75) is 0 Å². The van der Waals surface area contributed by atoms with Gasteiger partial charge in [0, 0.05) is 18.0 Å². The van der Waals surface area contributed by atoms with Crippen molar-refractivity contribution in [1.29, 1.82) is 0 Å². The van der Waals surface area contributed by atoms with E-state index in [0.29, 0.717) is 9.90 Å². The lowest BCUT2D eigenvalue weighted by Gasteiger charge is -1.98. The van der Waals surface area contributed by atoms with Gasteiger partial charge >= 0.3 is 0 Å². The Morgan fingerprint density at radius 2 is 2.31 bits per heavy atom. The van der Waals surface area contributed by atoms with Crippen LogP contribution in [0.25, 0.3) is 11.3 Å². The van der Waals surface area contributed by atoms with Crippen molar-refractivity contribution in [2.24, 2.45) is 12.8 Å². The highest BCUT2D eigenvalue weighted by atomic mass is 35.5. The maximum absolute atomic E-state index is 10.9. The Morgan fingerprint density at radius 1 is 1.62 bits per heavy atom. The van der Waals surface area contributed by atoms with Crippen LogP contribution in [0.1, 0.15) is 9.67 Å². The van der Waals surface area contributed by atoms with Crippen molar-refractivity contribution < 1.29 is 4.79 Å². The van der Waals surface area contributed by atoms with Crippen molar-refractivity contribution in [3.05, 3.63) is 27.5 Å². The van der Waals surface area contributed by atoms with E-state index in [-0.39, 0.29) is 12.4 Å². The minimum atomic E-state index is -0.426. The molecule has 2 N–H and O–H groups in total. The van der Waals surface area contributed by atoms with E-state index in [2.05, 4.69) is 5.10 Å². The van der Waals surface area contributed by atoms with Crippen LogP contribution in [0.4, 0.5) is 0 Å². The number of aryl methyl sites for hydroxylation is 1. The molecule has 1 amide bonds. The van der Waals surface area contributed by atoms with Gasteiger partial charge in [-0.3, -0.25) is 9.48 Å². The molecule has 86 valence electrons. The van der Waals surface area contributed by atoms with Gasteiger partial charge in [-0.25, -0.2) is 0 Å². The second kappa shape index (κ2) is 4.86. The number of carbonyl (C=O) groups excluding carboxylic acids is 1. The van der Waals surface area contributed by atoms with Crippen molar-refractivity contribution in [2.75, 3.05) is 0 Å². The number of carbonyl (C=O) groups is 1. The standard InChI is InChI=1S/C9H8ClN3OS.ClH/c1-13-8(6(10)3-12-13)5-2-7(9(11)14)15-4-5;/h2-4H,1H3,(H2,11,14);1H. The highest BCUT2D eigenvalue weighted by Gasteiger charge is 2.12. The molecule has 0 spiro atoms. The van der Waals surface area contributed by atoms with Crippen LogP contribution in [-0.4, -0.2) is 15.7 Å². The molecule has 0 aliphatic rings. The molecule has 0 aliphatic carbocycles. The number of aromatic nitrogens is 2. The first-order valence-electron chi connectivity index (χ1n) is 4.16. The summed E-state index contributed by atoms with van der Waals surface area (Å²) >= 11 is 7.27. The third kappa shape index (κ3) is 2.21. The van der Waals surface area contributed by atoms with Crippen molar-refractivity contribution in [1.82, 2.24) is 9.78 Å². The summed E-state index contributed by atoms with van der Waals surface area (Å²) in [6.45, 7) is 0. The van der Waals surface area contributed by atoms with Crippen LogP contribution in [0.2, 0.25) is 5.02 Å². The topological polar surface area (TPSA) is 60.9 Å². The lowest BCUT2D eigenvalue weighted by molar-refractivity contribution is 0.100. The van der Waals surface area contributed by atoms with Crippen LogP contribution in [-0.2, 0) is 7.05 Å². The first-order chi connectivity index (χ1) is 7.09. The maximum Gasteiger partial charge on any atom is 0.258 e. The fourth-order valence-corrected chi connectivity index (χ4v) is 2.34. The van der Waals surface area contributed by atoms with Gasteiger partial charge in [-0.2, -0.15) is 5.10 Å². The fourth-order valence-electron chi connectivity index (χ4n) is 1.33. The number of hydrogen-bond acceptors (Lipinski definition) is 3. The highest BCUT2D eigenvalue weighted by molar-refractivity contribution is 7.12. The molecule has 0 saturated heterocycles. The molecule has 0 unspecified atom stereocenters. The zero-order valence-electron chi connectivity index (χ0n) is 8.31. The zero-order valence-corrected chi connectivity index (χ0v) is 10.7. The van der Waals surface area contributed by atoms with E-state index < -0.39 is 5.91 Å². The summed E-state index contributed by atoms with van der Waals surface area (Å²) in [6, 6.07) is 1.72. The molecule has 2 heterocycles. The van der Waals surface area contributed by atoms with Crippen LogP contribution in [0.15, 0.2) is 17.6 Å². The zero-order chi connectivity index (χ0) is 11.0. The Hall–Kier alpha value is -1.04. The van der Waals surface area contributed by atoms with Crippen LogP contribution in [0.3, 0.4) is 0 Å². The molecule has 0 aromatic carbocycles. The lowest BCUT2D eigenvalue weighted by Crippen LogP contribution is -2.08. The van der Waals surface area contributed by atoms with Gasteiger partial charge < -0.3 is 5.73 Å². The van der Waals surface area contributed by atoms with Crippen molar-refractivity contribution in [3.63, 3.8) is 0 Å².